The molecule has 1 N–H and O–H groups in total. The standard InChI is InChI=1S/C8H12F3N3OS2/c1-5(3-4-17(2)15)12-7-14-13-6(16-7)8(9,10)11/h5H,3-4H2,1-2H3,(H,12,14). The van der Waals surface area contributed by atoms with Crippen molar-refractivity contribution in [2.75, 3.05) is 17.3 Å². The Morgan fingerprint density at radius 3 is 2.59 bits per heavy atom. The predicted octanol–water partition coefficient (Wildman–Crippen LogP) is 2.13. The average Bonchev–Trinajstić information content (AvgIpc) is 2.62. The summed E-state index contributed by atoms with van der Waals surface area (Å²) in [6.45, 7) is 1.79. The number of anilines is 1. The van der Waals surface area contributed by atoms with Gasteiger partial charge in [0.05, 0.1) is 0 Å². The molecule has 0 aliphatic carbocycles. The molecule has 1 rings (SSSR count). The van der Waals surface area contributed by atoms with Crippen molar-refractivity contribution in [1.82, 2.24) is 10.2 Å². The summed E-state index contributed by atoms with van der Waals surface area (Å²) in [5.41, 5.74) is 0. The quantitative estimate of drug-likeness (QED) is 0.901. The van der Waals surface area contributed by atoms with Crippen LogP contribution in [0.4, 0.5) is 18.3 Å². The summed E-state index contributed by atoms with van der Waals surface area (Å²) in [7, 11) is -0.906. The third-order valence-corrected chi connectivity index (χ3v) is 3.59. The zero-order chi connectivity index (χ0) is 13.1. The molecule has 98 valence electrons. The highest BCUT2D eigenvalue weighted by Gasteiger charge is 2.35. The average molecular weight is 287 g/mol. The lowest BCUT2D eigenvalue weighted by atomic mass is 10.3. The topological polar surface area (TPSA) is 54.9 Å². The van der Waals surface area contributed by atoms with E-state index in [0.717, 1.165) is 0 Å². The molecule has 0 aromatic carbocycles. The van der Waals surface area contributed by atoms with Crippen LogP contribution in [0.1, 0.15) is 18.4 Å². The van der Waals surface area contributed by atoms with Crippen molar-refractivity contribution in [3.8, 4) is 0 Å². The monoisotopic (exact) mass is 287 g/mol. The fourth-order valence-corrected chi connectivity index (χ4v) is 2.43. The van der Waals surface area contributed by atoms with Crippen LogP contribution in [0.5, 0.6) is 0 Å². The molecule has 1 aromatic rings. The van der Waals surface area contributed by atoms with Gasteiger partial charge in [-0.25, -0.2) is 0 Å². The number of hydrogen-bond acceptors (Lipinski definition) is 5. The molecule has 0 aliphatic rings. The van der Waals surface area contributed by atoms with Crippen molar-refractivity contribution < 1.29 is 17.4 Å². The number of alkyl halides is 3. The largest absolute Gasteiger partial charge is 0.445 e. The number of halogens is 3. The third kappa shape index (κ3) is 4.99. The summed E-state index contributed by atoms with van der Waals surface area (Å²) in [6, 6.07) is -0.0899. The van der Waals surface area contributed by atoms with E-state index in [4.69, 9.17) is 0 Å². The van der Waals surface area contributed by atoms with Crippen LogP contribution < -0.4 is 5.32 Å². The van der Waals surface area contributed by atoms with Crippen LogP contribution >= 0.6 is 11.3 Å². The molecular formula is C8H12F3N3OS2. The van der Waals surface area contributed by atoms with Crippen LogP contribution in [0.25, 0.3) is 0 Å². The smallest absolute Gasteiger partial charge is 0.358 e. The van der Waals surface area contributed by atoms with Crippen LogP contribution in [0.3, 0.4) is 0 Å². The Kier molecular flexibility index (Phi) is 4.87. The number of hydrogen-bond donors (Lipinski definition) is 1. The van der Waals surface area contributed by atoms with Gasteiger partial charge in [-0.3, -0.25) is 4.21 Å². The van der Waals surface area contributed by atoms with Gasteiger partial charge in [-0.1, -0.05) is 11.3 Å². The van der Waals surface area contributed by atoms with Crippen LogP contribution in [-0.4, -0.2) is 32.5 Å². The van der Waals surface area contributed by atoms with Crippen molar-refractivity contribution in [1.29, 1.82) is 0 Å². The molecule has 0 bridgehead atoms. The Morgan fingerprint density at radius 2 is 2.12 bits per heavy atom. The summed E-state index contributed by atoms with van der Waals surface area (Å²) in [5, 5.41) is 8.43. The maximum absolute atomic E-state index is 12.2. The first-order valence-corrected chi connectivity index (χ1v) is 7.30. The van der Waals surface area contributed by atoms with E-state index in [-0.39, 0.29) is 11.2 Å². The minimum Gasteiger partial charge on any atom is -0.358 e. The van der Waals surface area contributed by atoms with Gasteiger partial charge in [0.1, 0.15) is 0 Å². The Labute approximate surface area is 103 Å². The molecule has 2 atom stereocenters. The van der Waals surface area contributed by atoms with Gasteiger partial charge < -0.3 is 5.32 Å². The van der Waals surface area contributed by atoms with Gasteiger partial charge in [-0.05, 0) is 13.3 Å². The Balaban J connectivity index is 2.52. The fraction of sp³-hybridized carbons (Fsp3) is 0.750. The van der Waals surface area contributed by atoms with Crippen LogP contribution in [0.15, 0.2) is 0 Å². The Hall–Kier alpha value is -0.700. The lowest BCUT2D eigenvalue weighted by Gasteiger charge is -2.10. The van der Waals surface area contributed by atoms with Gasteiger partial charge in [-0.15, -0.1) is 10.2 Å². The molecule has 0 radical (unpaired) electrons. The molecule has 1 aromatic heterocycles. The molecule has 0 amide bonds. The molecule has 4 nitrogen and oxygen atoms in total. The molecule has 0 aliphatic heterocycles. The second-order valence-electron chi connectivity index (χ2n) is 3.52. The number of rotatable bonds is 5. The molecular weight excluding hydrogens is 275 g/mol. The zero-order valence-corrected chi connectivity index (χ0v) is 10.9. The van der Waals surface area contributed by atoms with Crippen LogP contribution in [-0.2, 0) is 17.0 Å². The molecule has 0 saturated carbocycles. The number of aromatic nitrogens is 2. The molecule has 9 heteroatoms. The first-order chi connectivity index (χ1) is 7.79. The third-order valence-electron chi connectivity index (χ3n) is 1.88. The summed E-state index contributed by atoms with van der Waals surface area (Å²) in [6.07, 6.45) is -2.27. The van der Waals surface area contributed by atoms with Crippen LogP contribution in [0.2, 0.25) is 0 Å². The van der Waals surface area contributed by atoms with Gasteiger partial charge in [0.25, 0.3) is 0 Å². The van der Waals surface area contributed by atoms with E-state index >= 15 is 0 Å². The minimum atomic E-state index is -4.45. The van der Waals surface area contributed by atoms with Crippen molar-refractivity contribution in [3.63, 3.8) is 0 Å². The van der Waals surface area contributed by atoms with Crippen LogP contribution in [0, 0.1) is 0 Å². The van der Waals surface area contributed by atoms with E-state index in [1.165, 1.54) is 0 Å². The predicted molar refractivity (Wildman–Crippen MR) is 61.5 cm³/mol. The maximum Gasteiger partial charge on any atom is 0.445 e. The van der Waals surface area contributed by atoms with Crippen molar-refractivity contribution >= 4 is 27.3 Å². The van der Waals surface area contributed by atoms with E-state index < -0.39 is 22.0 Å². The zero-order valence-electron chi connectivity index (χ0n) is 9.24. The van der Waals surface area contributed by atoms with Crippen molar-refractivity contribution in [2.24, 2.45) is 0 Å². The highest BCUT2D eigenvalue weighted by molar-refractivity contribution is 7.84. The maximum atomic E-state index is 12.2. The number of nitrogens with zero attached hydrogens (tertiary/aromatic N) is 2. The molecule has 17 heavy (non-hydrogen) atoms. The fourth-order valence-electron chi connectivity index (χ4n) is 1.02. The SMILES string of the molecule is CC(CCS(C)=O)Nc1nnc(C(F)(F)F)s1. The second-order valence-corrected chi connectivity index (χ2v) is 6.05. The van der Waals surface area contributed by atoms with E-state index in [9.17, 15) is 17.4 Å². The highest BCUT2D eigenvalue weighted by Crippen LogP contribution is 2.33. The summed E-state index contributed by atoms with van der Waals surface area (Å²) in [5.74, 6) is 0.499. The first kappa shape index (κ1) is 14.4. The van der Waals surface area contributed by atoms with E-state index in [1.807, 2.05) is 0 Å². The summed E-state index contributed by atoms with van der Waals surface area (Å²) in [4.78, 5) is 0. The minimum absolute atomic E-state index is 0.0899. The molecule has 0 saturated heterocycles. The van der Waals surface area contributed by atoms with E-state index in [2.05, 4.69) is 15.5 Å². The van der Waals surface area contributed by atoms with Gasteiger partial charge in [0.15, 0.2) is 0 Å². The van der Waals surface area contributed by atoms with Gasteiger partial charge >= 0.3 is 6.18 Å². The van der Waals surface area contributed by atoms with E-state index in [1.54, 1.807) is 13.2 Å². The lowest BCUT2D eigenvalue weighted by molar-refractivity contribution is -0.138. The van der Waals surface area contributed by atoms with E-state index in [0.29, 0.717) is 23.5 Å². The Bertz CT molecular complexity index is 394. The normalized spacial score (nSPS) is 15.6. The van der Waals surface area contributed by atoms with Crippen molar-refractivity contribution in [2.45, 2.75) is 25.6 Å². The summed E-state index contributed by atoms with van der Waals surface area (Å²) >= 11 is 0.468. The van der Waals surface area contributed by atoms with Crippen molar-refractivity contribution in [3.05, 3.63) is 5.01 Å². The Morgan fingerprint density at radius 1 is 1.47 bits per heavy atom. The molecule has 0 spiro atoms. The highest BCUT2D eigenvalue weighted by atomic mass is 32.2. The molecule has 1 heterocycles. The molecule has 0 fully saturated rings. The number of nitrogens with one attached hydrogen (secondary N) is 1. The van der Waals surface area contributed by atoms with Gasteiger partial charge in [-0.2, -0.15) is 13.2 Å². The first-order valence-electron chi connectivity index (χ1n) is 4.76. The lowest BCUT2D eigenvalue weighted by Crippen LogP contribution is -2.17. The summed E-state index contributed by atoms with van der Waals surface area (Å²) < 4.78 is 47.5. The van der Waals surface area contributed by atoms with Gasteiger partial charge in [0.2, 0.25) is 10.1 Å². The molecule has 2 unspecified atom stereocenters. The second kappa shape index (κ2) is 5.76. The van der Waals surface area contributed by atoms with Gasteiger partial charge in [0, 0.05) is 28.9 Å².